The zero-order chi connectivity index (χ0) is 25.7. The van der Waals surface area contributed by atoms with Gasteiger partial charge >= 0.3 is 0 Å². The summed E-state index contributed by atoms with van der Waals surface area (Å²) in [5.74, 6) is -0.544. The fraction of sp³-hybridized carbons (Fsp3) is 0.933. The third-order valence-corrected chi connectivity index (χ3v) is 7.10. The van der Waals surface area contributed by atoms with Crippen LogP contribution in [0.1, 0.15) is 180 Å². The lowest BCUT2D eigenvalue weighted by atomic mass is 10.0. The number of nitrogens with zero attached hydrogens (tertiary/aromatic N) is 2. The molecule has 35 heavy (non-hydrogen) atoms. The zero-order valence-electron chi connectivity index (χ0n) is 23.3. The number of hydrazone groups is 1. The number of unbranched alkanes of at least 4 members (excludes halogenated alkanes) is 25. The normalized spacial score (nSPS) is 10.9. The fourth-order valence-electron chi connectivity index (χ4n) is 4.79. The molecule has 0 aliphatic heterocycles. The van der Waals surface area contributed by atoms with Crippen molar-refractivity contribution in [3.63, 3.8) is 0 Å². The molecule has 0 heterocycles. The Labute approximate surface area is 217 Å². The van der Waals surface area contributed by atoms with E-state index in [1.54, 1.807) is 0 Å². The SMILES string of the molecule is CCCCCCCCCCCCCCCCCCCCCCCCCCCCC(=O)N(O)N=C=O. The van der Waals surface area contributed by atoms with Gasteiger partial charge < -0.3 is 0 Å². The van der Waals surface area contributed by atoms with Gasteiger partial charge in [-0.15, -0.1) is 0 Å². The van der Waals surface area contributed by atoms with Gasteiger partial charge in [-0.2, -0.15) is 0 Å². The Balaban J connectivity index is 3.11. The second kappa shape index (κ2) is 29.0. The van der Waals surface area contributed by atoms with Crippen LogP contribution >= 0.6 is 0 Å². The molecule has 0 atom stereocenters. The molecule has 0 aromatic heterocycles. The third kappa shape index (κ3) is 27.2. The topological polar surface area (TPSA) is 70.0 Å². The average molecular weight is 495 g/mol. The van der Waals surface area contributed by atoms with Gasteiger partial charge in [-0.25, -0.2) is 4.79 Å². The van der Waals surface area contributed by atoms with Crippen molar-refractivity contribution in [3.05, 3.63) is 0 Å². The predicted molar refractivity (Wildman–Crippen MR) is 147 cm³/mol. The van der Waals surface area contributed by atoms with Gasteiger partial charge in [0.15, 0.2) is 0 Å². The Morgan fingerprint density at radius 3 is 1.06 bits per heavy atom. The van der Waals surface area contributed by atoms with Crippen LogP contribution in [0.5, 0.6) is 0 Å². The monoisotopic (exact) mass is 494 g/mol. The Morgan fingerprint density at radius 2 is 0.800 bits per heavy atom. The summed E-state index contributed by atoms with van der Waals surface area (Å²) in [6, 6.07) is 0. The molecular formula is C30H58N2O3. The number of hydrogen-bond acceptors (Lipinski definition) is 4. The molecule has 0 aromatic rings. The minimum Gasteiger partial charge on any atom is -0.270 e. The molecule has 5 heteroatoms. The quantitative estimate of drug-likeness (QED) is 0.0386. The van der Waals surface area contributed by atoms with E-state index in [2.05, 4.69) is 12.0 Å². The van der Waals surface area contributed by atoms with Crippen molar-refractivity contribution in [3.8, 4) is 0 Å². The lowest BCUT2D eigenvalue weighted by Crippen LogP contribution is -2.20. The van der Waals surface area contributed by atoms with Gasteiger partial charge in [0.05, 0.1) is 0 Å². The summed E-state index contributed by atoms with van der Waals surface area (Å²) in [5.41, 5.74) is 0. The summed E-state index contributed by atoms with van der Waals surface area (Å²) in [5, 5.41) is 12.0. The van der Waals surface area contributed by atoms with Crippen molar-refractivity contribution in [2.75, 3.05) is 0 Å². The molecule has 0 radical (unpaired) electrons. The minimum atomic E-state index is -0.544. The number of isocyanates is 1. The summed E-state index contributed by atoms with van der Waals surface area (Å²) in [6.45, 7) is 2.29. The molecule has 0 bridgehead atoms. The molecular weight excluding hydrogens is 436 g/mol. The van der Waals surface area contributed by atoms with E-state index >= 15 is 0 Å². The van der Waals surface area contributed by atoms with Crippen LogP contribution in [0.3, 0.4) is 0 Å². The van der Waals surface area contributed by atoms with Gasteiger partial charge in [-0.3, -0.25) is 10.0 Å². The highest BCUT2D eigenvalue weighted by molar-refractivity contribution is 5.74. The Morgan fingerprint density at radius 1 is 0.543 bits per heavy atom. The first-order valence-electron chi connectivity index (χ1n) is 15.3. The second-order valence-corrected chi connectivity index (χ2v) is 10.5. The summed E-state index contributed by atoms with van der Waals surface area (Å²) in [6.07, 6.45) is 36.6. The van der Waals surface area contributed by atoms with Crippen LogP contribution in [0.4, 0.5) is 0 Å². The highest BCUT2D eigenvalue weighted by Gasteiger charge is 2.08. The van der Waals surface area contributed by atoms with E-state index in [4.69, 9.17) is 5.21 Å². The van der Waals surface area contributed by atoms with Crippen LogP contribution in [0.2, 0.25) is 0 Å². The van der Waals surface area contributed by atoms with Crippen LogP contribution in [-0.2, 0) is 9.59 Å². The molecule has 0 fully saturated rings. The molecule has 5 nitrogen and oxygen atoms in total. The van der Waals surface area contributed by atoms with Gasteiger partial charge in [-0.1, -0.05) is 178 Å². The molecule has 0 unspecified atom stereocenters. The molecule has 1 amide bonds. The number of amides is 1. The molecule has 206 valence electrons. The van der Waals surface area contributed by atoms with Gasteiger partial charge in [-0.05, 0) is 6.42 Å². The average Bonchev–Trinajstić information content (AvgIpc) is 2.86. The first-order valence-corrected chi connectivity index (χ1v) is 15.3. The highest BCUT2D eigenvalue weighted by Crippen LogP contribution is 2.16. The molecule has 0 saturated heterocycles. The predicted octanol–water partition coefficient (Wildman–Crippen LogP) is 10.0. The van der Waals surface area contributed by atoms with Crippen molar-refractivity contribution >= 4 is 12.0 Å². The maximum atomic E-state index is 11.4. The van der Waals surface area contributed by atoms with Crippen molar-refractivity contribution in [1.29, 1.82) is 0 Å². The molecule has 1 N–H and O–H groups in total. The van der Waals surface area contributed by atoms with Crippen molar-refractivity contribution in [1.82, 2.24) is 5.17 Å². The summed E-state index contributed by atoms with van der Waals surface area (Å²) in [4.78, 5) is 21.3. The smallest absolute Gasteiger partial charge is 0.269 e. The lowest BCUT2D eigenvalue weighted by molar-refractivity contribution is -0.165. The fourth-order valence-corrected chi connectivity index (χ4v) is 4.79. The van der Waals surface area contributed by atoms with E-state index in [0.29, 0.717) is 0 Å². The molecule has 0 saturated carbocycles. The first-order chi connectivity index (χ1) is 17.2. The van der Waals surface area contributed by atoms with E-state index in [1.165, 1.54) is 148 Å². The number of carbonyl (C=O) groups is 1. The van der Waals surface area contributed by atoms with Gasteiger partial charge in [0, 0.05) is 6.42 Å². The van der Waals surface area contributed by atoms with Crippen molar-refractivity contribution in [2.45, 2.75) is 180 Å². The first kappa shape index (κ1) is 33.8. The van der Waals surface area contributed by atoms with E-state index in [0.717, 1.165) is 25.3 Å². The van der Waals surface area contributed by atoms with E-state index in [1.807, 2.05) is 0 Å². The number of rotatable bonds is 28. The maximum Gasteiger partial charge on any atom is 0.269 e. The van der Waals surface area contributed by atoms with Crippen LogP contribution in [0.25, 0.3) is 0 Å². The van der Waals surface area contributed by atoms with Gasteiger partial charge in [0.25, 0.3) is 12.0 Å². The van der Waals surface area contributed by atoms with Crippen molar-refractivity contribution in [2.24, 2.45) is 5.10 Å². The van der Waals surface area contributed by atoms with Crippen LogP contribution < -0.4 is 0 Å². The molecule has 0 rings (SSSR count). The van der Waals surface area contributed by atoms with E-state index < -0.39 is 5.91 Å². The van der Waals surface area contributed by atoms with Gasteiger partial charge in [0.1, 0.15) is 0 Å². The van der Waals surface area contributed by atoms with Crippen molar-refractivity contribution < 1.29 is 14.8 Å². The Bertz CT molecular complexity index is 492. The van der Waals surface area contributed by atoms with Crippen LogP contribution in [0, 0.1) is 0 Å². The van der Waals surface area contributed by atoms with E-state index in [-0.39, 0.29) is 11.6 Å². The largest absolute Gasteiger partial charge is 0.270 e. The summed E-state index contributed by atoms with van der Waals surface area (Å²) < 4.78 is 0. The Kier molecular flexibility index (Phi) is 28.1. The molecule has 0 aliphatic rings. The van der Waals surface area contributed by atoms with Crippen LogP contribution in [0.15, 0.2) is 5.10 Å². The van der Waals surface area contributed by atoms with Crippen LogP contribution in [-0.4, -0.2) is 22.4 Å². The second-order valence-electron chi connectivity index (χ2n) is 10.5. The third-order valence-electron chi connectivity index (χ3n) is 7.10. The maximum absolute atomic E-state index is 11.4. The minimum absolute atomic E-state index is 0.0902. The van der Waals surface area contributed by atoms with Gasteiger partial charge in [0.2, 0.25) is 0 Å². The summed E-state index contributed by atoms with van der Waals surface area (Å²) >= 11 is 0. The summed E-state index contributed by atoms with van der Waals surface area (Å²) in [7, 11) is 0. The molecule has 0 aromatic carbocycles. The molecule has 0 aliphatic carbocycles. The molecule has 0 spiro atoms. The number of hydroxylamine groups is 1. The number of hydrogen-bond donors (Lipinski definition) is 1. The number of carbonyl (C=O) groups excluding carboxylic acids is 2. The highest BCUT2D eigenvalue weighted by atomic mass is 16.5. The standard InChI is InChI=1S/C30H58N2O3/c1-2-3-4-5-6-7-8-9-10-11-12-13-14-15-16-17-18-19-20-21-22-23-24-25-26-27-28-30(34)32(35)31-29-33/h35H,2-28H2,1H3. The Hall–Kier alpha value is -1.19. The zero-order valence-corrected chi connectivity index (χ0v) is 23.3. The van der Waals surface area contributed by atoms with E-state index in [9.17, 15) is 9.59 Å². The lowest BCUT2D eigenvalue weighted by Gasteiger charge is -2.06.